The molecule has 0 aliphatic rings. The second-order valence-electron chi connectivity index (χ2n) is 4.41. The maximum absolute atomic E-state index is 12.0. The van der Waals surface area contributed by atoms with Gasteiger partial charge in [0.2, 0.25) is 5.91 Å². The third-order valence-corrected chi connectivity index (χ3v) is 2.83. The van der Waals surface area contributed by atoms with E-state index in [0.29, 0.717) is 0 Å². The second kappa shape index (κ2) is 4.94. The summed E-state index contributed by atoms with van der Waals surface area (Å²) in [5.41, 5.74) is 1.65. The summed E-state index contributed by atoms with van der Waals surface area (Å²) in [6, 6.07) is 7.60. The number of hydrogen-bond acceptors (Lipinski definition) is 2. The highest BCUT2D eigenvalue weighted by Gasteiger charge is 2.24. The van der Waals surface area contributed by atoms with Crippen molar-refractivity contribution in [3.05, 3.63) is 43.0 Å². The van der Waals surface area contributed by atoms with Gasteiger partial charge in [-0.2, -0.15) is 0 Å². The molecule has 1 amide bonds. The highest BCUT2D eigenvalue weighted by molar-refractivity contribution is 9.10. The van der Waals surface area contributed by atoms with Crippen LogP contribution >= 0.6 is 15.9 Å². The summed E-state index contributed by atoms with van der Waals surface area (Å²) < 4.78 is 1.26. The van der Waals surface area contributed by atoms with Crippen molar-refractivity contribution >= 4 is 27.5 Å². The number of anilines is 1. The zero-order chi connectivity index (χ0) is 13.2. The van der Waals surface area contributed by atoms with Crippen LogP contribution in [-0.2, 0) is 4.79 Å². The molecule has 0 saturated heterocycles. The number of amides is 1. The molecule has 2 aromatic rings. The number of hydrogen-bond donors (Lipinski definition) is 1. The lowest BCUT2D eigenvalue weighted by Crippen LogP contribution is -2.31. The fourth-order valence-corrected chi connectivity index (χ4v) is 1.58. The first-order chi connectivity index (χ1) is 8.48. The fraction of sp³-hybridized carbons (Fsp3) is 0.231. The van der Waals surface area contributed by atoms with Crippen molar-refractivity contribution in [1.29, 1.82) is 0 Å². The van der Waals surface area contributed by atoms with Crippen LogP contribution in [-0.4, -0.2) is 19.8 Å². The van der Waals surface area contributed by atoms with Crippen LogP contribution in [0, 0.1) is 0 Å². The first-order valence-corrected chi connectivity index (χ1v) is 6.35. The van der Waals surface area contributed by atoms with Gasteiger partial charge >= 0.3 is 0 Å². The summed E-state index contributed by atoms with van der Waals surface area (Å²) in [4.78, 5) is 16.0. The van der Waals surface area contributed by atoms with E-state index >= 15 is 0 Å². The van der Waals surface area contributed by atoms with Crippen LogP contribution in [0.4, 0.5) is 5.69 Å². The Morgan fingerprint density at radius 3 is 2.72 bits per heavy atom. The number of carbonyl (C=O) groups excluding carboxylic acids is 1. The van der Waals surface area contributed by atoms with Crippen molar-refractivity contribution in [2.24, 2.45) is 0 Å². The number of carbonyl (C=O) groups is 1. The minimum atomic E-state index is -0.602. The van der Waals surface area contributed by atoms with E-state index in [1.807, 2.05) is 48.9 Å². The summed E-state index contributed by atoms with van der Waals surface area (Å²) >= 11 is 3.34. The van der Waals surface area contributed by atoms with Crippen molar-refractivity contribution < 1.29 is 4.79 Å². The molecule has 0 unspecified atom stereocenters. The number of benzene rings is 1. The lowest BCUT2D eigenvalue weighted by molar-refractivity contribution is -0.117. The Morgan fingerprint density at radius 1 is 1.39 bits per heavy atom. The Kier molecular flexibility index (Phi) is 3.52. The molecule has 5 heteroatoms. The lowest BCUT2D eigenvalue weighted by Gasteiger charge is -2.18. The highest BCUT2D eigenvalue weighted by Crippen LogP contribution is 2.23. The maximum Gasteiger partial charge on any atom is 0.240 e. The summed E-state index contributed by atoms with van der Waals surface area (Å²) in [7, 11) is 0. The summed E-state index contributed by atoms with van der Waals surface area (Å²) in [5.74, 6) is -0.0879. The molecular weight excluding hydrogens is 294 g/mol. The van der Waals surface area contributed by atoms with Crippen LogP contribution in [0.15, 0.2) is 43.0 Å². The second-order valence-corrected chi connectivity index (χ2v) is 6.40. The molecule has 2 rings (SSSR count). The molecule has 0 radical (unpaired) electrons. The van der Waals surface area contributed by atoms with Crippen LogP contribution in [0.1, 0.15) is 13.8 Å². The normalized spacial score (nSPS) is 11.3. The molecule has 0 spiro atoms. The van der Waals surface area contributed by atoms with Gasteiger partial charge in [-0.05, 0) is 26.0 Å². The van der Waals surface area contributed by atoms with Gasteiger partial charge in [0.25, 0.3) is 0 Å². The molecule has 0 aliphatic carbocycles. The number of alkyl halides is 1. The fourth-order valence-electron chi connectivity index (χ4n) is 1.48. The van der Waals surface area contributed by atoms with Gasteiger partial charge in [0, 0.05) is 12.4 Å². The van der Waals surface area contributed by atoms with Gasteiger partial charge in [-0.1, -0.05) is 28.1 Å². The smallest absolute Gasteiger partial charge is 0.240 e. The van der Waals surface area contributed by atoms with Crippen molar-refractivity contribution in [1.82, 2.24) is 9.55 Å². The number of para-hydroxylation sites is 2. The molecule has 1 N–H and O–H groups in total. The van der Waals surface area contributed by atoms with E-state index in [-0.39, 0.29) is 5.91 Å². The van der Waals surface area contributed by atoms with E-state index in [1.54, 1.807) is 12.5 Å². The first-order valence-electron chi connectivity index (χ1n) is 5.56. The number of nitrogens with one attached hydrogen (secondary N) is 1. The molecule has 0 aliphatic heterocycles. The minimum absolute atomic E-state index is 0.0879. The van der Waals surface area contributed by atoms with E-state index in [2.05, 4.69) is 26.2 Å². The van der Waals surface area contributed by atoms with Crippen molar-refractivity contribution in [3.63, 3.8) is 0 Å². The van der Waals surface area contributed by atoms with E-state index in [4.69, 9.17) is 0 Å². The van der Waals surface area contributed by atoms with Gasteiger partial charge in [0.15, 0.2) is 0 Å². The van der Waals surface area contributed by atoms with Crippen LogP contribution in [0.3, 0.4) is 0 Å². The van der Waals surface area contributed by atoms with E-state index in [9.17, 15) is 4.79 Å². The average molecular weight is 308 g/mol. The van der Waals surface area contributed by atoms with E-state index < -0.39 is 4.32 Å². The molecule has 1 heterocycles. The van der Waals surface area contributed by atoms with Gasteiger partial charge in [-0.3, -0.25) is 4.79 Å². The molecule has 1 aromatic heterocycles. The van der Waals surface area contributed by atoms with Gasteiger partial charge < -0.3 is 9.88 Å². The zero-order valence-corrected chi connectivity index (χ0v) is 11.8. The molecule has 0 saturated carbocycles. The number of nitrogens with zero attached hydrogens (tertiary/aromatic N) is 2. The van der Waals surface area contributed by atoms with Crippen molar-refractivity contribution in [3.8, 4) is 5.69 Å². The van der Waals surface area contributed by atoms with Gasteiger partial charge in [-0.15, -0.1) is 0 Å². The summed E-state index contributed by atoms with van der Waals surface area (Å²) in [6.07, 6.45) is 5.24. The number of rotatable bonds is 3. The maximum atomic E-state index is 12.0. The number of aromatic nitrogens is 2. The monoisotopic (exact) mass is 307 g/mol. The standard InChI is InChI=1S/C13H14BrN3O/c1-13(2,14)12(18)16-10-5-3-4-6-11(10)17-8-7-15-9-17/h3-9H,1-2H3,(H,16,18). The van der Waals surface area contributed by atoms with Crippen LogP contribution in [0.25, 0.3) is 5.69 Å². The van der Waals surface area contributed by atoms with Crippen molar-refractivity contribution in [2.75, 3.05) is 5.32 Å². The Hall–Kier alpha value is -1.62. The third kappa shape index (κ3) is 2.79. The minimum Gasteiger partial charge on any atom is -0.323 e. The Balaban J connectivity index is 2.32. The van der Waals surface area contributed by atoms with Crippen LogP contribution < -0.4 is 5.32 Å². The summed E-state index contributed by atoms with van der Waals surface area (Å²) in [5, 5.41) is 2.90. The average Bonchev–Trinajstić information content (AvgIpc) is 2.82. The number of imidazole rings is 1. The molecule has 4 nitrogen and oxygen atoms in total. The molecule has 18 heavy (non-hydrogen) atoms. The Bertz CT molecular complexity index is 544. The van der Waals surface area contributed by atoms with Gasteiger partial charge in [0.05, 0.1) is 22.0 Å². The number of halogens is 1. The van der Waals surface area contributed by atoms with Gasteiger partial charge in [0.1, 0.15) is 0 Å². The Labute approximate surface area is 114 Å². The summed E-state index contributed by atoms with van der Waals surface area (Å²) in [6.45, 7) is 3.62. The van der Waals surface area contributed by atoms with Crippen LogP contribution in [0.2, 0.25) is 0 Å². The lowest BCUT2D eigenvalue weighted by atomic mass is 10.2. The van der Waals surface area contributed by atoms with E-state index in [1.165, 1.54) is 0 Å². The topological polar surface area (TPSA) is 46.9 Å². The largest absolute Gasteiger partial charge is 0.323 e. The zero-order valence-electron chi connectivity index (χ0n) is 10.2. The van der Waals surface area contributed by atoms with E-state index in [0.717, 1.165) is 11.4 Å². The molecule has 0 fully saturated rings. The molecular formula is C13H14BrN3O. The molecule has 0 atom stereocenters. The van der Waals surface area contributed by atoms with Crippen molar-refractivity contribution in [2.45, 2.75) is 18.2 Å². The molecule has 0 bridgehead atoms. The Morgan fingerprint density at radius 2 is 2.11 bits per heavy atom. The first kappa shape index (κ1) is 12.8. The van der Waals surface area contributed by atoms with Crippen LogP contribution in [0.5, 0.6) is 0 Å². The SMILES string of the molecule is CC(C)(Br)C(=O)Nc1ccccc1-n1ccnc1. The molecule has 1 aromatic carbocycles. The predicted molar refractivity (Wildman–Crippen MR) is 75.2 cm³/mol. The quantitative estimate of drug-likeness (QED) is 0.886. The predicted octanol–water partition coefficient (Wildman–Crippen LogP) is 2.98. The van der Waals surface area contributed by atoms with Gasteiger partial charge in [-0.25, -0.2) is 4.98 Å². The highest BCUT2D eigenvalue weighted by atomic mass is 79.9. The third-order valence-electron chi connectivity index (χ3n) is 2.47. The molecule has 94 valence electrons.